The minimum Gasteiger partial charge on any atom is -0.456 e. The third-order valence-electron chi connectivity index (χ3n) is 6.89. The first-order valence-electron chi connectivity index (χ1n) is 11.3. The predicted molar refractivity (Wildman–Crippen MR) is 126 cm³/mol. The molecule has 0 aromatic heterocycles. The lowest BCUT2D eigenvalue weighted by Gasteiger charge is -2.47. The largest absolute Gasteiger partial charge is 0.456 e. The number of hydrogen-bond acceptors (Lipinski definition) is 7. The van der Waals surface area contributed by atoms with Crippen molar-refractivity contribution in [3.05, 3.63) is 35.5 Å². The van der Waals surface area contributed by atoms with Crippen LogP contribution in [0.5, 0.6) is 0 Å². The summed E-state index contributed by atoms with van der Waals surface area (Å²) in [5.41, 5.74) is -0.783. The normalized spacial score (nSPS) is 34.9. The van der Waals surface area contributed by atoms with Crippen molar-refractivity contribution in [3.63, 3.8) is 0 Å². The molecule has 8 heteroatoms. The van der Waals surface area contributed by atoms with E-state index in [-0.39, 0.29) is 18.1 Å². The Hall–Kier alpha value is -1.67. The zero-order valence-corrected chi connectivity index (χ0v) is 21.3. The lowest BCUT2D eigenvalue weighted by molar-refractivity contribution is -0.184. The lowest BCUT2D eigenvalue weighted by Crippen LogP contribution is -2.61. The molecule has 0 unspecified atom stereocenters. The number of rotatable bonds is 8. The maximum atomic E-state index is 12.6. The second kappa shape index (κ2) is 10.3. The van der Waals surface area contributed by atoms with Crippen LogP contribution in [0.3, 0.4) is 0 Å². The highest BCUT2D eigenvalue weighted by Crippen LogP contribution is 2.45. The van der Waals surface area contributed by atoms with E-state index >= 15 is 0 Å². The predicted octanol–water partition coefficient (Wildman–Crippen LogP) is 3.61. The monoisotopic (exact) mass is 484 g/mol. The van der Waals surface area contributed by atoms with Crippen LogP contribution >= 0.6 is 11.6 Å². The molecule has 1 saturated heterocycles. The van der Waals surface area contributed by atoms with Gasteiger partial charge in [-0.25, -0.2) is 9.59 Å². The summed E-state index contributed by atoms with van der Waals surface area (Å²) in [6.45, 7) is 16.2. The van der Waals surface area contributed by atoms with Crippen LogP contribution in [0.2, 0.25) is 0 Å². The molecule has 2 N–H and O–H groups in total. The molecular formula is C25H37ClO7. The van der Waals surface area contributed by atoms with E-state index in [4.69, 9.17) is 25.8 Å². The summed E-state index contributed by atoms with van der Waals surface area (Å²) < 4.78 is 17.1. The molecule has 0 spiro atoms. The number of allylic oxidation sites excluding steroid dienone is 2. The summed E-state index contributed by atoms with van der Waals surface area (Å²) in [7, 11) is 0. The fourth-order valence-electron chi connectivity index (χ4n) is 3.89. The van der Waals surface area contributed by atoms with Gasteiger partial charge in [-0.1, -0.05) is 18.7 Å². The average Bonchev–Trinajstić information content (AvgIpc) is 3.37. The number of ether oxygens (including phenoxy) is 3. The van der Waals surface area contributed by atoms with Gasteiger partial charge >= 0.3 is 11.9 Å². The van der Waals surface area contributed by atoms with Crippen molar-refractivity contribution in [2.24, 2.45) is 5.92 Å². The molecule has 0 amide bonds. The van der Waals surface area contributed by atoms with Gasteiger partial charge in [-0.3, -0.25) is 0 Å². The molecule has 0 radical (unpaired) electrons. The molecule has 1 aliphatic carbocycles. The van der Waals surface area contributed by atoms with Crippen molar-refractivity contribution in [1.29, 1.82) is 0 Å². The topological polar surface area (TPSA) is 106 Å². The number of alkyl halides is 1. The summed E-state index contributed by atoms with van der Waals surface area (Å²) in [5.74, 6) is -1.76. The van der Waals surface area contributed by atoms with Crippen molar-refractivity contribution in [2.45, 2.75) is 102 Å². The zero-order valence-electron chi connectivity index (χ0n) is 20.6. The Bertz CT molecular complexity index is 842. The Balaban J connectivity index is 2.38. The highest BCUT2D eigenvalue weighted by atomic mass is 35.5. The van der Waals surface area contributed by atoms with Crippen molar-refractivity contribution < 1.29 is 34.0 Å². The first-order valence-corrected chi connectivity index (χ1v) is 11.7. The Morgan fingerprint density at radius 2 is 1.70 bits per heavy atom. The van der Waals surface area contributed by atoms with E-state index in [9.17, 15) is 19.8 Å². The van der Waals surface area contributed by atoms with Gasteiger partial charge in [0.05, 0.1) is 17.1 Å². The molecule has 7 nitrogen and oxygen atoms in total. The van der Waals surface area contributed by atoms with E-state index in [1.807, 2.05) is 13.8 Å². The zero-order chi connectivity index (χ0) is 25.3. The highest BCUT2D eigenvalue weighted by molar-refractivity contribution is 6.21. The van der Waals surface area contributed by atoms with Crippen LogP contribution < -0.4 is 0 Å². The van der Waals surface area contributed by atoms with E-state index in [2.05, 4.69) is 6.58 Å². The minimum atomic E-state index is -1.69. The van der Waals surface area contributed by atoms with Gasteiger partial charge in [0.2, 0.25) is 0 Å². The number of aliphatic hydroxyl groups is 2. The molecule has 2 fully saturated rings. The molecule has 0 aromatic rings. The Labute approximate surface area is 201 Å². The van der Waals surface area contributed by atoms with Crippen LogP contribution in [-0.4, -0.2) is 63.1 Å². The second-order valence-electron chi connectivity index (χ2n) is 9.71. The number of epoxide rings is 1. The molecule has 1 aliphatic heterocycles. The van der Waals surface area contributed by atoms with Crippen LogP contribution in [0.25, 0.3) is 0 Å². The summed E-state index contributed by atoms with van der Waals surface area (Å²) >= 11 is 6.44. The first-order chi connectivity index (χ1) is 15.2. The molecule has 7 atom stereocenters. The minimum absolute atomic E-state index is 0.146. The number of carbonyl (C=O) groups excluding carboxylic acids is 2. The quantitative estimate of drug-likeness (QED) is 0.178. The summed E-state index contributed by atoms with van der Waals surface area (Å²) in [5, 5.41) is 20.9. The first kappa shape index (κ1) is 27.6. The van der Waals surface area contributed by atoms with Crippen molar-refractivity contribution >= 4 is 23.5 Å². The van der Waals surface area contributed by atoms with Gasteiger partial charge < -0.3 is 24.4 Å². The fraction of sp³-hybridized carbons (Fsp3) is 0.680. The Morgan fingerprint density at radius 1 is 1.18 bits per heavy atom. The van der Waals surface area contributed by atoms with Gasteiger partial charge in [0, 0.05) is 23.5 Å². The van der Waals surface area contributed by atoms with Crippen molar-refractivity contribution in [1.82, 2.24) is 0 Å². The molecule has 33 heavy (non-hydrogen) atoms. The van der Waals surface area contributed by atoms with E-state index < -0.39 is 47.1 Å². The van der Waals surface area contributed by atoms with Gasteiger partial charge in [-0.2, -0.15) is 0 Å². The number of carbonyl (C=O) groups is 2. The summed E-state index contributed by atoms with van der Waals surface area (Å²) in [4.78, 5) is 25.1. The van der Waals surface area contributed by atoms with E-state index in [1.165, 1.54) is 6.92 Å². The van der Waals surface area contributed by atoms with E-state index in [1.54, 1.807) is 39.8 Å². The fourth-order valence-corrected chi connectivity index (χ4v) is 4.21. The van der Waals surface area contributed by atoms with Crippen LogP contribution in [-0.2, 0) is 23.8 Å². The van der Waals surface area contributed by atoms with Gasteiger partial charge in [-0.15, -0.1) is 11.6 Å². The SMILES string of the molecule is C=C([C@H](C[C@@H]1OC1(C)C)OC(=O)/C(C)=C\C)[C@H]1C[C@H](Cl)[C@@](C)(O)[C@@H](O)[C@H]1OC(=O)/C(C)=C\C. The van der Waals surface area contributed by atoms with Crippen LogP contribution in [0.4, 0.5) is 0 Å². The van der Waals surface area contributed by atoms with Gasteiger partial charge in [0.1, 0.15) is 23.9 Å². The molecule has 1 heterocycles. The summed E-state index contributed by atoms with van der Waals surface area (Å²) in [6.07, 6.45) is 0.289. The molecule has 2 aliphatic rings. The number of halogens is 1. The third kappa shape index (κ3) is 6.07. The number of aliphatic hydroxyl groups excluding tert-OH is 1. The van der Waals surface area contributed by atoms with Gasteiger partial charge in [0.25, 0.3) is 0 Å². The standard InChI is InChI=1S/C25H37ClO7/c1-9-13(3)22(28)31-17(12-19-24(6,7)33-19)15(5)16-11-18(26)25(8,30)21(27)20(16)32-23(29)14(4)10-2/h9-10,16-21,27,30H,5,11-12H2,1-4,6-8H3/b13-9-,14-10-/t16-,17+,18+,19+,20+,21+,25-/m1/s1. The molecular weight excluding hydrogens is 448 g/mol. The maximum absolute atomic E-state index is 12.6. The molecule has 186 valence electrons. The van der Waals surface area contributed by atoms with Crippen LogP contribution in [0, 0.1) is 5.92 Å². The molecule has 1 saturated carbocycles. The molecule has 2 rings (SSSR count). The average molecular weight is 485 g/mol. The molecule has 0 aromatic carbocycles. The molecule has 0 bridgehead atoms. The van der Waals surface area contributed by atoms with E-state index in [0.717, 1.165) is 0 Å². The number of hydrogen-bond donors (Lipinski definition) is 2. The van der Waals surface area contributed by atoms with Crippen molar-refractivity contribution in [2.75, 3.05) is 0 Å². The highest BCUT2D eigenvalue weighted by Gasteiger charge is 2.55. The smallest absolute Gasteiger partial charge is 0.333 e. The Morgan fingerprint density at radius 3 is 2.18 bits per heavy atom. The maximum Gasteiger partial charge on any atom is 0.333 e. The van der Waals surface area contributed by atoms with Gasteiger partial charge in [0.15, 0.2) is 0 Å². The van der Waals surface area contributed by atoms with Gasteiger partial charge in [-0.05, 0) is 60.5 Å². The van der Waals surface area contributed by atoms with Crippen LogP contribution in [0.1, 0.15) is 61.3 Å². The van der Waals surface area contributed by atoms with Crippen LogP contribution in [0.15, 0.2) is 35.5 Å². The second-order valence-corrected chi connectivity index (χ2v) is 10.2. The third-order valence-corrected chi connectivity index (χ3v) is 7.51. The lowest BCUT2D eigenvalue weighted by atomic mass is 9.71. The summed E-state index contributed by atoms with van der Waals surface area (Å²) in [6, 6.07) is 0. The Kier molecular flexibility index (Phi) is 8.61. The number of esters is 2. The van der Waals surface area contributed by atoms with E-state index in [0.29, 0.717) is 23.1 Å². The van der Waals surface area contributed by atoms with Crippen molar-refractivity contribution in [3.8, 4) is 0 Å².